The van der Waals surface area contributed by atoms with Gasteiger partial charge in [0, 0.05) is 51.9 Å². The summed E-state index contributed by atoms with van der Waals surface area (Å²) in [7, 11) is 1.80. The summed E-state index contributed by atoms with van der Waals surface area (Å²) in [4.78, 5) is 19.0. The van der Waals surface area contributed by atoms with Gasteiger partial charge >= 0.3 is 0 Å². The number of likely N-dealkylation sites (tertiary alicyclic amines) is 1. The van der Waals surface area contributed by atoms with Crippen LogP contribution in [0.3, 0.4) is 0 Å². The molecule has 0 aromatic heterocycles. The molecule has 2 rings (SSSR count). The van der Waals surface area contributed by atoms with Crippen LogP contribution in [0.15, 0.2) is 4.99 Å². The molecule has 1 atom stereocenters. The highest BCUT2D eigenvalue weighted by molar-refractivity contribution is 14.0. The summed E-state index contributed by atoms with van der Waals surface area (Å²) < 4.78 is 5.58. The molecule has 6 nitrogen and oxygen atoms in total. The second-order valence-corrected chi connectivity index (χ2v) is 7.57. The van der Waals surface area contributed by atoms with E-state index < -0.39 is 0 Å². The summed E-state index contributed by atoms with van der Waals surface area (Å²) in [6.45, 7) is 6.34. The number of unbranched alkanes of at least 4 members (excludes halogenated alkanes) is 1. The van der Waals surface area contributed by atoms with Gasteiger partial charge in [0.1, 0.15) is 0 Å². The summed E-state index contributed by atoms with van der Waals surface area (Å²) >= 11 is 0. The molecule has 2 N–H and O–H groups in total. The maximum Gasteiger partial charge on any atom is 0.225 e. The normalized spacial score (nSPS) is 21.0. The van der Waals surface area contributed by atoms with Crippen LogP contribution in [0, 0.1) is 5.92 Å². The van der Waals surface area contributed by atoms with E-state index in [1.54, 1.807) is 7.05 Å². The predicted octanol–water partition coefficient (Wildman–Crippen LogP) is 3.16. The van der Waals surface area contributed by atoms with Crippen molar-refractivity contribution in [2.45, 2.75) is 70.8 Å². The highest BCUT2D eigenvalue weighted by atomic mass is 127. The molecule has 0 aromatic carbocycles. The van der Waals surface area contributed by atoms with Gasteiger partial charge in [-0.25, -0.2) is 0 Å². The first-order valence-corrected chi connectivity index (χ1v) is 10.6. The van der Waals surface area contributed by atoms with Gasteiger partial charge in [-0.2, -0.15) is 0 Å². The highest BCUT2D eigenvalue weighted by Crippen LogP contribution is 2.26. The van der Waals surface area contributed by atoms with Crippen molar-refractivity contribution in [2.75, 3.05) is 39.9 Å². The molecule has 0 bridgehead atoms. The zero-order valence-electron chi connectivity index (χ0n) is 17.2. The number of guanidine groups is 1. The Morgan fingerprint density at radius 2 is 1.89 bits per heavy atom. The fraction of sp³-hybridized carbons (Fsp3) is 0.900. The molecule has 1 saturated heterocycles. The van der Waals surface area contributed by atoms with E-state index in [-0.39, 0.29) is 29.9 Å². The van der Waals surface area contributed by atoms with E-state index in [0.29, 0.717) is 11.9 Å². The van der Waals surface area contributed by atoms with Crippen molar-refractivity contribution in [3.05, 3.63) is 0 Å². The monoisotopic (exact) mass is 494 g/mol. The van der Waals surface area contributed by atoms with Gasteiger partial charge in [-0.15, -0.1) is 24.0 Å². The van der Waals surface area contributed by atoms with Crippen molar-refractivity contribution >= 4 is 35.8 Å². The Morgan fingerprint density at radius 1 is 1.15 bits per heavy atom. The van der Waals surface area contributed by atoms with E-state index in [0.717, 1.165) is 70.9 Å². The van der Waals surface area contributed by atoms with Gasteiger partial charge < -0.3 is 20.3 Å². The van der Waals surface area contributed by atoms with Crippen LogP contribution in [0.1, 0.15) is 64.7 Å². The zero-order valence-corrected chi connectivity index (χ0v) is 19.5. The number of carbonyl (C=O) groups excluding carboxylic acids is 1. The fourth-order valence-electron chi connectivity index (χ4n) is 3.80. The number of ether oxygens (including phenoxy) is 1. The lowest BCUT2D eigenvalue weighted by Crippen LogP contribution is -2.45. The van der Waals surface area contributed by atoms with E-state index in [4.69, 9.17) is 4.74 Å². The molecule has 1 aliphatic carbocycles. The molecule has 0 radical (unpaired) electrons. The number of amides is 1. The van der Waals surface area contributed by atoms with E-state index in [1.807, 2.05) is 0 Å². The average molecular weight is 494 g/mol. The van der Waals surface area contributed by atoms with Gasteiger partial charge in [0.05, 0.1) is 0 Å². The standard InChI is InChI=1S/C20H38N4O2.HI/c1-3-4-14-26-15-8-12-22-20(21-2)23-18-11-13-24(16-18)19(25)17-9-6-5-7-10-17;/h17-18H,3-16H2,1-2H3,(H2,21,22,23);1H. The van der Waals surface area contributed by atoms with Crippen molar-refractivity contribution in [2.24, 2.45) is 10.9 Å². The van der Waals surface area contributed by atoms with Crippen LogP contribution in [0.5, 0.6) is 0 Å². The second-order valence-electron chi connectivity index (χ2n) is 7.57. The number of carbonyl (C=O) groups is 1. The molecule has 1 heterocycles. The van der Waals surface area contributed by atoms with E-state index in [9.17, 15) is 4.79 Å². The molecule has 1 aliphatic heterocycles. The number of nitrogens with zero attached hydrogens (tertiary/aromatic N) is 2. The van der Waals surface area contributed by atoms with Crippen molar-refractivity contribution in [1.82, 2.24) is 15.5 Å². The maximum atomic E-state index is 12.7. The van der Waals surface area contributed by atoms with Gasteiger partial charge in [0.2, 0.25) is 5.91 Å². The van der Waals surface area contributed by atoms with Gasteiger partial charge in [-0.1, -0.05) is 32.6 Å². The summed E-state index contributed by atoms with van der Waals surface area (Å²) in [5.74, 6) is 1.48. The molecule has 1 amide bonds. The largest absolute Gasteiger partial charge is 0.381 e. The minimum atomic E-state index is 0. The molecule has 0 spiro atoms. The minimum absolute atomic E-state index is 0. The third-order valence-corrected chi connectivity index (χ3v) is 5.42. The molecule has 27 heavy (non-hydrogen) atoms. The number of hydrogen-bond donors (Lipinski definition) is 2. The Morgan fingerprint density at radius 3 is 2.59 bits per heavy atom. The molecule has 1 unspecified atom stereocenters. The fourth-order valence-corrected chi connectivity index (χ4v) is 3.80. The number of halogens is 1. The number of aliphatic imine (C=N–C) groups is 1. The van der Waals surface area contributed by atoms with Gasteiger partial charge in [0.15, 0.2) is 5.96 Å². The third kappa shape index (κ3) is 8.98. The second kappa shape index (κ2) is 14.4. The van der Waals surface area contributed by atoms with Crippen LogP contribution < -0.4 is 10.6 Å². The number of rotatable bonds is 9. The van der Waals surface area contributed by atoms with Crippen LogP contribution in [0.2, 0.25) is 0 Å². The van der Waals surface area contributed by atoms with Gasteiger partial charge in [-0.05, 0) is 32.1 Å². The van der Waals surface area contributed by atoms with Crippen LogP contribution in [0.4, 0.5) is 0 Å². The van der Waals surface area contributed by atoms with Crippen molar-refractivity contribution < 1.29 is 9.53 Å². The van der Waals surface area contributed by atoms with Gasteiger partial charge in [0.25, 0.3) is 0 Å². The Kier molecular flexibility index (Phi) is 13.1. The predicted molar refractivity (Wildman–Crippen MR) is 122 cm³/mol. The summed E-state index contributed by atoms with van der Waals surface area (Å²) in [5.41, 5.74) is 0. The molecule has 7 heteroatoms. The van der Waals surface area contributed by atoms with Crippen LogP contribution >= 0.6 is 24.0 Å². The molecule has 0 aromatic rings. The maximum absolute atomic E-state index is 12.7. The minimum Gasteiger partial charge on any atom is -0.381 e. The smallest absolute Gasteiger partial charge is 0.225 e. The lowest BCUT2D eigenvalue weighted by atomic mass is 9.88. The molecule has 2 fully saturated rings. The van der Waals surface area contributed by atoms with E-state index in [2.05, 4.69) is 27.4 Å². The topological polar surface area (TPSA) is 66.0 Å². The van der Waals surface area contributed by atoms with Crippen molar-refractivity contribution in [3.8, 4) is 0 Å². The average Bonchev–Trinajstić information content (AvgIpc) is 3.15. The Balaban J connectivity index is 0.00000364. The molecule has 158 valence electrons. The lowest BCUT2D eigenvalue weighted by molar-refractivity contribution is -0.135. The number of hydrogen-bond acceptors (Lipinski definition) is 3. The van der Waals surface area contributed by atoms with Crippen molar-refractivity contribution in [3.63, 3.8) is 0 Å². The van der Waals surface area contributed by atoms with E-state index in [1.165, 1.54) is 25.7 Å². The van der Waals surface area contributed by atoms with Crippen LogP contribution in [-0.4, -0.2) is 62.7 Å². The van der Waals surface area contributed by atoms with Gasteiger partial charge in [-0.3, -0.25) is 9.79 Å². The molecular formula is C20H39IN4O2. The quantitative estimate of drug-likeness (QED) is 0.224. The molecule has 2 aliphatic rings. The molecule has 1 saturated carbocycles. The summed E-state index contributed by atoms with van der Waals surface area (Å²) in [6, 6.07) is 0.301. The Labute approximate surface area is 182 Å². The van der Waals surface area contributed by atoms with E-state index >= 15 is 0 Å². The number of nitrogens with one attached hydrogen (secondary N) is 2. The van der Waals surface area contributed by atoms with Crippen LogP contribution in [0.25, 0.3) is 0 Å². The Bertz CT molecular complexity index is 442. The first-order valence-electron chi connectivity index (χ1n) is 10.6. The SMILES string of the molecule is CCCCOCCCNC(=NC)NC1CCN(C(=O)C2CCCCC2)C1.I. The van der Waals surface area contributed by atoms with Crippen molar-refractivity contribution in [1.29, 1.82) is 0 Å². The first kappa shape index (κ1) is 24.5. The third-order valence-electron chi connectivity index (χ3n) is 5.42. The summed E-state index contributed by atoms with van der Waals surface area (Å²) in [5, 5.41) is 6.82. The summed E-state index contributed by atoms with van der Waals surface area (Å²) in [6.07, 6.45) is 10.2. The zero-order chi connectivity index (χ0) is 18.6. The lowest BCUT2D eigenvalue weighted by Gasteiger charge is -2.26. The highest BCUT2D eigenvalue weighted by Gasteiger charge is 2.31. The van der Waals surface area contributed by atoms with Crippen LogP contribution in [-0.2, 0) is 9.53 Å². The Hall–Kier alpha value is -0.570. The first-order chi connectivity index (χ1) is 12.7. The molecular weight excluding hydrogens is 455 g/mol.